The fourth-order valence-corrected chi connectivity index (χ4v) is 3.95. The summed E-state index contributed by atoms with van der Waals surface area (Å²) in [7, 11) is 0. The lowest BCUT2D eigenvalue weighted by molar-refractivity contribution is 0.110. The molecule has 0 aromatic rings. The molecule has 1 aliphatic rings. The van der Waals surface area contributed by atoms with Crippen molar-refractivity contribution in [2.24, 2.45) is 27.9 Å². The molecule has 19 heavy (non-hydrogen) atoms. The predicted octanol–water partition coefficient (Wildman–Crippen LogP) is 4.93. The minimum absolute atomic E-state index is 0.0130. The molecule has 2 unspecified atom stereocenters. The van der Waals surface area contributed by atoms with E-state index in [0.717, 1.165) is 5.57 Å². The van der Waals surface area contributed by atoms with Crippen LogP contribution in [0.3, 0.4) is 0 Å². The van der Waals surface area contributed by atoms with Crippen molar-refractivity contribution in [3.63, 3.8) is 0 Å². The van der Waals surface area contributed by atoms with Crippen LogP contribution < -0.4 is 5.73 Å². The molecule has 1 rings (SSSR count). The van der Waals surface area contributed by atoms with Crippen LogP contribution in [0, 0.1) is 22.2 Å². The number of allylic oxidation sites excluding steroid dienone is 1. The Hall–Kier alpha value is -0.560. The van der Waals surface area contributed by atoms with Gasteiger partial charge in [-0.1, -0.05) is 73.6 Å². The van der Waals surface area contributed by atoms with Crippen molar-refractivity contribution in [1.82, 2.24) is 0 Å². The smallest absolute Gasteiger partial charge is 0.0531 e. The first kappa shape index (κ1) is 16.5. The van der Waals surface area contributed by atoms with Crippen LogP contribution in [0.1, 0.15) is 62.3 Å². The standard InChI is InChI=1S/C18H33N/c1-12-17(8,9)14(16(5,6)7)13(15(2,3)4)11-18(12,10)19/h11,14H,1,19H2,2-10H3. The molecule has 0 aromatic heterocycles. The zero-order valence-corrected chi connectivity index (χ0v) is 14.4. The van der Waals surface area contributed by atoms with Crippen LogP contribution in [0.2, 0.25) is 0 Å². The van der Waals surface area contributed by atoms with E-state index in [1.165, 1.54) is 5.57 Å². The molecule has 1 heteroatoms. The van der Waals surface area contributed by atoms with Crippen molar-refractivity contribution >= 4 is 0 Å². The highest BCUT2D eigenvalue weighted by Crippen LogP contribution is 2.57. The Morgan fingerprint density at radius 1 is 1.05 bits per heavy atom. The first-order valence-corrected chi connectivity index (χ1v) is 7.34. The van der Waals surface area contributed by atoms with Gasteiger partial charge in [0.05, 0.1) is 5.54 Å². The maximum atomic E-state index is 6.51. The van der Waals surface area contributed by atoms with Gasteiger partial charge in [-0.15, -0.1) is 0 Å². The molecule has 0 fully saturated rings. The lowest BCUT2D eigenvalue weighted by Gasteiger charge is -2.55. The molecular weight excluding hydrogens is 230 g/mol. The monoisotopic (exact) mass is 263 g/mol. The maximum absolute atomic E-state index is 6.51. The molecule has 0 saturated carbocycles. The SMILES string of the molecule is C=C1C(C)(N)C=C(C(C)(C)C)C(C(C)(C)C)C1(C)C. The van der Waals surface area contributed by atoms with Crippen LogP contribution in [-0.2, 0) is 0 Å². The molecule has 0 amide bonds. The van der Waals surface area contributed by atoms with Gasteiger partial charge in [0, 0.05) is 0 Å². The second kappa shape index (κ2) is 4.22. The summed E-state index contributed by atoms with van der Waals surface area (Å²) in [4.78, 5) is 0. The van der Waals surface area contributed by atoms with Crippen LogP contribution in [-0.4, -0.2) is 5.54 Å². The normalized spacial score (nSPS) is 32.2. The summed E-state index contributed by atoms with van der Waals surface area (Å²) in [6.45, 7) is 24.9. The molecule has 1 aliphatic carbocycles. The van der Waals surface area contributed by atoms with E-state index in [0.29, 0.717) is 5.92 Å². The quantitative estimate of drug-likeness (QED) is 0.616. The Labute approximate surface area is 120 Å². The first-order valence-electron chi connectivity index (χ1n) is 7.34. The van der Waals surface area contributed by atoms with Crippen LogP contribution in [0.25, 0.3) is 0 Å². The average Bonchev–Trinajstić information content (AvgIpc) is 2.09. The van der Waals surface area contributed by atoms with Gasteiger partial charge in [0.1, 0.15) is 0 Å². The predicted molar refractivity (Wildman–Crippen MR) is 86.0 cm³/mol. The molecule has 0 aliphatic heterocycles. The molecule has 0 aromatic carbocycles. The first-order chi connectivity index (χ1) is 8.12. The van der Waals surface area contributed by atoms with E-state index in [9.17, 15) is 0 Å². The lowest BCUT2D eigenvalue weighted by atomic mass is 9.50. The summed E-state index contributed by atoms with van der Waals surface area (Å²) in [6.07, 6.45) is 2.27. The largest absolute Gasteiger partial charge is 0.319 e. The summed E-state index contributed by atoms with van der Waals surface area (Å²) in [5.41, 5.74) is 9.07. The molecular formula is C18H33N. The number of hydrogen-bond donors (Lipinski definition) is 1. The zero-order chi connectivity index (χ0) is 15.4. The Kier molecular flexibility index (Phi) is 3.66. The van der Waals surface area contributed by atoms with E-state index in [1.807, 2.05) is 0 Å². The van der Waals surface area contributed by atoms with Crippen molar-refractivity contribution in [2.45, 2.75) is 67.9 Å². The highest BCUT2D eigenvalue weighted by molar-refractivity contribution is 5.41. The lowest BCUT2D eigenvalue weighted by Crippen LogP contribution is -2.53. The Bertz CT molecular complexity index is 408. The van der Waals surface area contributed by atoms with E-state index in [1.54, 1.807) is 0 Å². The molecule has 110 valence electrons. The topological polar surface area (TPSA) is 26.0 Å². The molecule has 0 heterocycles. The van der Waals surface area contributed by atoms with Gasteiger partial charge >= 0.3 is 0 Å². The third-order valence-corrected chi connectivity index (χ3v) is 4.65. The Balaban J connectivity index is 3.60. The minimum Gasteiger partial charge on any atom is -0.319 e. The van der Waals surface area contributed by atoms with E-state index >= 15 is 0 Å². The molecule has 1 nitrogen and oxygen atoms in total. The average molecular weight is 263 g/mol. The fraction of sp³-hybridized carbons (Fsp3) is 0.778. The zero-order valence-electron chi connectivity index (χ0n) is 14.4. The summed E-state index contributed by atoms with van der Waals surface area (Å²) in [6, 6.07) is 0. The molecule has 0 bridgehead atoms. The van der Waals surface area contributed by atoms with Crippen LogP contribution >= 0.6 is 0 Å². The third-order valence-electron chi connectivity index (χ3n) is 4.65. The Morgan fingerprint density at radius 3 is 1.79 bits per heavy atom. The molecule has 0 radical (unpaired) electrons. The van der Waals surface area contributed by atoms with Gasteiger partial charge in [0.2, 0.25) is 0 Å². The van der Waals surface area contributed by atoms with E-state index in [4.69, 9.17) is 5.73 Å². The number of hydrogen-bond acceptors (Lipinski definition) is 1. The number of rotatable bonds is 0. The van der Waals surface area contributed by atoms with Crippen molar-refractivity contribution in [3.05, 3.63) is 23.8 Å². The van der Waals surface area contributed by atoms with Gasteiger partial charge in [0.25, 0.3) is 0 Å². The van der Waals surface area contributed by atoms with Crippen molar-refractivity contribution in [1.29, 1.82) is 0 Å². The number of nitrogens with two attached hydrogens (primary N) is 1. The van der Waals surface area contributed by atoms with Crippen molar-refractivity contribution < 1.29 is 0 Å². The summed E-state index contributed by atoms with van der Waals surface area (Å²) >= 11 is 0. The van der Waals surface area contributed by atoms with Crippen molar-refractivity contribution in [3.8, 4) is 0 Å². The maximum Gasteiger partial charge on any atom is 0.0531 e. The van der Waals surface area contributed by atoms with Gasteiger partial charge in [-0.05, 0) is 34.7 Å². The van der Waals surface area contributed by atoms with Gasteiger partial charge < -0.3 is 5.73 Å². The second-order valence-electron chi connectivity index (χ2n) is 9.13. The molecule has 2 N–H and O–H groups in total. The highest BCUT2D eigenvalue weighted by atomic mass is 14.8. The van der Waals surface area contributed by atoms with Gasteiger partial charge in [-0.25, -0.2) is 0 Å². The third kappa shape index (κ3) is 2.81. The molecule has 0 spiro atoms. The van der Waals surface area contributed by atoms with Crippen LogP contribution in [0.4, 0.5) is 0 Å². The molecule has 0 saturated heterocycles. The molecule has 2 atom stereocenters. The fourth-order valence-electron chi connectivity index (χ4n) is 3.95. The second-order valence-corrected chi connectivity index (χ2v) is 9.13. The Morgan fingerprint density at radius 2 is 1.47 bits per heavy atom. The van der Waals surface area contributed by atoms with E-state index in [2.05, 4.69) is 75.0 Å². The van der Waals surface area contributed by atoms with E-state index < -0.39 is 5.54 Å². The summed E-state index contributed by atoms with van der Waals surface area (Å²) in [5, 5.41) is 0. The van der Waals surface area contributed by atoms with Gasteiger partial charge in [0.15, 0.2) is 0 Å². The van der Waals surface area contributed by atoms with Crippen molar-refractivity contribution in [2.75, 3.05) is 0 Å². The highest BCUT2D eigenvalue weighted by Gasteiger charge is 2.51. The summed E-state index contributed by atoms with van der Waals surface area (Å²) in [5.74, 6) is 0.462. The van der Waals surface area contributed by atoms with Gasteiger partial charge in [-0.2, -0.15) is 0 Å². The van der Waals surface area contributed by atoms with Crippen LogP contribution in [0.15, 0.2) is 23.8 Å². The van der Waals surface area contributed by atoms with Gasteiger partial charge in [-0.3, -0.25) is 0 Å². The van der Waals surface area contributed by atoms with Crippen LogP contribution in [0.5, 0.6) is 0 Å². The summed E-state index contributed by atoms with van der Waals surface area (Å²) < 4.78 is 0. The minimum atomic E-state index is -0.409. The van der Waals surface area contributed by atoms with E-state index in [-0.39, 0.29) is 16.2 Å².